The van der Waals surface area contributed by atoms with Crippen LogP contribution in [0, 0.1) is 5.95 Å². The van der Waals surface area contributed by atoms with Gasteiger partial charge in [0.2, 0.25) is 5.95 Å². The van der Waals surface area contributed by atoms with Crippen LogP contribution in [0.5, 0.6) is 0 Å². The summed E-state index contributed by atoms with van der Waals surface area (Å²) in [5.41, 5.74) is 0.914. The van der Waals surface area contributed by atoms with Gasteiger partial charge in [-0.05, 0) is 25.0 Å². The summed E-state index contributed by atoms with van der Waals surface area (Å²) < 4.78 is 17.3. The largest absolute Gasteiger partial charge is 0.440 e. The molecular formula is C11H12FN3O2. The number of amides is 1. The average molecular weight is 237 g/mol. The van der Waals surface area contributed by atoms with Gasteiger partial charge in [0.15, 0.2) is 6.61 Å². The molecule has 0 saturated heterocycles. The van der Waals surface area contributed by atoms with Crippen LogP contribution in [0.15, 0.2) is 23.3 Å². The second-order valence-electron chi connectivity index (χ2n) is 3.85. The van der Waals surface area contributed by atoms with E-state index < -0.39 is 12.0 Å². The Labute approximate surface area is 97.7 Å². The summed E-state index contributed by atoms with van der Waals surface area (Å²) in [6.45, 7) is 2.12. The molecule has 1 aromatic rings. The van der Waals surface area contributed by atoms with Crippen LogP contribution in [-0.2, 0) is 11.2 Å². The monoisotopic (exact) mass is 237 g/mol. The van der Waals surface area contributed by atoms with Gasteiger partial charge < -0.3 is 10.1 Å². The summed E-state index contributed by atoms with van der Waals surface area (Å²) in [5, 5.41) is 3.05. The lowest BCUT2D eigenvalue weighted by atomic mass is 10.1. The number of nitrogens with zero attached hydrogens (tertiary/aromatic N) is 2. The summed E-state index contributed by atoms with van der Waals surface area (Å²) in [5.74, 6) is 0.0334. The van der Waals surface area contributed by atoms with Crippen LogP contribution in [0.4, 0.5) is 9.18 Å². The molecule has 0 aromatic carbocycles. The van der Waals surface area contributed by atoms with Crippen LogP contribution in [0.25, 0.3) is 0 Å². The van der Waals surface area contributed by atoms with Gasteiger partial charge in [-0.1, -0.05) is 6.07 Å². The van der Waals surface area contributed by atoms with Crippen LogP contribution < -0.4 is 5.32 Å². The fraction of sp³-hybridized carbons (Fsp3) is 0.364. The van der Waals surface area contributed by atoms with Gasteiger partial charge >= 0.3 is 6.09 Å². The van der Waals surface area contributed by atoms with Crippen molar-refractivity contribution in [3.8, 4) is 0 Å². The molecule has 0 bridgehead atoms. The SMILES string of the molecule is CC(Cc1ccc(F)nc1)NC1=NC(=O)OC1. The minimum absolute atomic E-state index is 0.0653. The van der Waals surface area contributed by atoms with Crippen molar-refractivity contribution in [2.75, 3.05) is 6.61 Å². The molecule has 6 heteroatoms. The van der Waals surface area contributed by atoms with Crippen LogP contribution >= 0.6 is 0 Å². The van der Waals surface area contributed by atoms with Crippen molar-refractivity contribution in [1.29, 1.82) is 0 Å². The van der Waals surface area contributed by atoms with Crippen molar-refractivity contribution in [2.45, 2.75) is 19.4 Å². The van der Waals surface area contributed by atoms with Crippen molar-refractivity contribution in [3.05, 3.63) is 29.8 Å². The molecule has 0 fully saturated rings. The van der Waals surface area contributed by atoms with E-state index in [1.54, 1.807) is 6.07 Å². The molecule has 1 aromatic heterocycles. The number of aliphatic imine (C=N–C) groups is 1. The predicted octanol–water partition coefficient (Wildman–Crippen LogP) is 1.29. The van der Waals surface area contributed by atoms with E-state index in [2.05, 4.69) is 20.0 Å². The number of amidine groups is 1. The number of carbonyl (C=O) groups excluding carboxylic acids is 1. The highest BCUT2D eigenvalue weighted by molar-refractivity contribution is 5.97. The first-order valence-electron chi connectivity index (χ1n) is 5.25. The predicted molar refractivity (Wildman–Crippen MR) is 59.3 cm³/mol. The number of hydrogen-bond donors (Lipinski definition) is 1. The van der Waals surface area contributed by atoms with Crippen molar-refractivity contribution < 1.29 is 13.9 Å². The Bertz CT molecular complexity index is 445. The number of nitrogens with one attached hydrogen (secondary N) is 1. The molecule has 17 heavy (non-hydrogen) atoms. The molecule has 0 radical (unpaired) electrons. The second-order valence-corrected chi connectivity index (χ2v) is 3.85. The Kier molecular flexibility index (Phi) is 3.32. The second kappa shape index (κ2) is 4.90. The summed E-state index contributed by atoms with van der Waals surface area (Å²) >= 11 is 0. The Morgan fingerprint density at radius 3 is 3.00 bits per heavy atom. The number of carbonyl (C=O) groups is 1. The van der Waals surface area contributed by atoms with E-state index in [1.807, 2.05) is 6.92 Å². The lowest BCUT2D eigenvalue weighted by molar-refractivity contribution is 0.180. The third kappa shape index (κ3) is 3.24. The molecule has 90 valence electrons. The third-order valence-corrected chi connectivity index (χ3v) is 2.30. The van der Waals surface area contributed by atoms with Crippen LogP contribution in [0.3, 0.4) is 0 Å². The lowest BCUT2D eigenvalue weighted by Crippen LogP contribution is -2.34. The fourth-order valence-corrected chi connectivity index (χ4v) is 1.59. The van der Waals surface area contributed by atoms with Crippen molar-refractivity contribution in [2.24, 2.45) is 4.99 Å². The molecule has 5 nitrogen and oxygen atoms in total. The Morgan fingerprint density at radius 1 is 1.59 bits per heavy atom. The first-order valence-corrected chi connectivity index (χ1v) is 5.25. The molecule has 0 saturated carbocycles. The first-order chi connectivity index (χ1) is 8.13. The zero-order valence-corrected chi connectivity index (χ0v) is 9.31. The van der Waals surface area contributed by atoms with Crippen LogP contribution in [0.2, 0.25) is 0 Å². The maximum Gasteiger partial charge on any atom is 0.435 e. The zero-order chi connectivity index (χ0) is 12.3. The number of rotatable bonds is 3. The molecule has 0 spiro atoms. The van der Waals surface area contributed by atoms with Gasteiger partial charge in [0.1, 0.15) is 5.84 Å². The molecule has 0 aliphatic carbocycles. The minimum atomic E-state index is -0.567. The molecule has 1 aliphatic heterocycles. The molecule has 1 aliphatic rings. The highest BCUT2D eigenvalue weighted by Gasteiger charge is 2.16. The molecule has 1 amide bonds. The quantitative estimate of drug-likeness (QED) is 0.804. The number of cyclic esters (lactones) is 1. The van der Waals surface area contributed by atoms with E-state index in [0.29, 0.717) is 12.3 Å². The number of halogens is 1. The normalized spacial score (nSPS) is 16.4. The summed E-state index contributed by atoms with van der Waals surface area (Å²) in [7, 11) is 0. The Balaban J connectivity index is 1.89. The van der Waals surface area contributed by atoms with E-state index in [-0.39, 0.29) is 12.6 Å². The Hall–Kier alpha value is -1.98. The van der Waals surface area contributed by atoms with E-state index >= 15 is 0 Å². The summed E-state index contributed by atoms with van der Waals surface area (Å²) in [4.78, 5) is 18.0. The van der Waals surface area contributed by atoms with E-state index in [9.17, 15) is 9.18 Å². The summed E-state index contributed by atoms with van der Waals surface area (Å²) in [6.07, 6.45) is 1.59. The maximum absolute atomic E-state index is 12.6. The zero-order valence-electron chi connectivity index (χ0n) is 9.31. The molecule has 2 rings (SSSR count). The third-order valence-electron chi connectivity index (χ3n) is 2.30. The summed E-state index contributed by atoms with van der Waals surface area (Å²) in [6, 6.07) is 3.07. The van der Waals surface area contributed by atoms with Gasteiger partial charge in [-0.3, -0.25) is 0 Å². The van der Waals surface area contributed by atoms with Gasteiger partial charge in [0.05, 0.1) is 0 Å². The van der Waals surface area contributed by atoms with Crippen LogP contribution in [0.1, 0.15) is 12.5 Å². The standard InChI is InChI=1S/C11H12FN3O2/c1-7(14-10-6-17-11(16)15-10)4-8-2-3-9(12)13-5-8/h2-3,5,7H,4,6H2,1H3,(H,14,15,16). The topological polar surface area (TPSA) is 63.6 Å². The van der Waals surface area contributed by atoms with Gasteiger partial charge in [0.25, 0.3) is 0 Å². The van der Waals surface area contributed by atoms with Crippen molar-refractivity contribution in [3.63, 3.8) is 0 Å². The number of pyridine rings is 1. The fourth-order valence-electron chi connectivity index (χ4n) is 1.59. The first kappa shape index (κ1) is 11.5. The van der Waals surface area contributed by atoms with Crippen LogP contribution in [-0.4, -0.2) is 29.6 Å². The highest BCUT2D eigenvalue weighted by Crippen LogP contribution is 2.04. The molecular weight excluding hydrogens is 225 g/mol. The Morgan fingerprint density at radius 2 is 2.41 bits per heavy atom. The lowest BCUT2D eigenvalue weighted by Gasteiger charge is -2.13. The van der Waals surface area contributed by atoms with Gasteiger partial charge in [-0.25, -0.2) is 9.78 Å². The number of aromatic nitrogens is 1. The van der Waals surface area contributed by atoms with E-state index in [1.165, 1.54) is 12.3 Å². The molecule has 1 atom stereocenters. The van der Waals surface area contributed by atoms with Gasteiger partial charge in [0, 0.05) is 12.2 Å². The van der Waals surface area contributed by atoms with Gasteiger partial charge in [-0.2, -0.15) is 9.38 Å². The maximum atomic E-state index is 12.6. The molecule has 2 heterocycles. The number of hydrogen-bond acceptors (Lipinski definition) is 4. The smallest absolute Gasteiger partial charge is 0.435 e. The number of ether oxygens (including phenoxy) is 1. The average Bonchev–Trinajstić information content (AvgIpc) is 2.67. The van der Waals surface area contributed by atoms with Crippen molar-refractivity contribution >= 4 is 11.9 Å². The van der Waals surface area contributed by atoms with Crippen molar-refractivity contribution in [1.82, 2.24) is 10.3 Å². The molecule has 1 unspecified atom stereocenters. The van der Waals surface area contributed by atoms with E-state index in [4.69, 9.17) is 0 Å². The van der Waals surface area contributed by atoms with Gasteiger partial charge in [-0.15, -0.1) is 0 Å². The van der Waals surface area contributed by atoms with E-state index in [0.717, 1.165) is 5.56 Å². The molecule has 1 N–H and O–H groups in total. The minimum Gasteiger partial charge on any atom is -0.440 e. The highest BCUT2D eigenvalue weighted by atomic mass is 19.1.